The monoisotopic (exact) mass is 443 g/mol. The van der Waals surface area contributed by atoms with E-state index in [0.29, 0.717) is 33.4 Å². The number of thiophene rings is 1. The Bertz CT molecular complexity index is 876. The standard InChI is InChI=1S/C18H19Cl2N3O4S/c1-10-8-26-9-23(10)14-4-3-12(7-13(14)19)22-17(24)11(2)21-18(25)27-16-6-5-15(20)28-16/h3-7,10-11H,8-9H2,1-2H3,(H,21,25)(H,22,24). The number of hydrogen-bond acceptors (Lipinski definition) is 6. The predicted octanol–water partition coefficient (Wildman–Crippen LogP) is 4.35. The first-order valence-electron chi connectivity index (χ1n) is 8.52. The number of anilines is 2. The molecule has 0 bridgehead atoms. The first kappa shape index (κ1) is 20.7. The summed E-state index contributed by atoms with van der Waals surface area (Å²) < 4.78 is 11.0. The highest BCUT2D eigenvalue weighted by atomic mass is 35.5. The van der Waals surface area contributed by atoms with Crippen LogP contribution in [0.4, 0.5) is 16.2 Å². The number of nitrogens with one attached hydrogen (secondary N) is 2. The molecule has 1 aliphatic heterocycles. The summed E-state index contributed by atoms with van der Waals surface area (Å²) in [5.74, 6) is -0.400. The molecule has 0 aliphatic carbocycles. The van der Waals surface area contributed by atoms with Crippen LogP contribution < -0.4 is 20.3 Å². The highest BCUT2D eigenvalue weighted by Gasteiger charge is 2.23. The number of halogens is 2. The minimum Gasteiger partial charge on any atom is -0.399 e. The first-order valence-corrected chi connectivity index (χ1v) is 10.1. The number of hydrogen-bond donors (Lipinski definition) is 2. The molecule has 10 heteroatoms. The molecule has 0 saturated carbocycles. The Morgan fingerprint density at radius 3 is 2.71 bits per heavy atom. The van der Waals surface area contributed by atoms with Gasteiger partial charge in [-0.1, -0.05) is 34.5 Å². The van der Waals surface area contributed by atoms with Gasteiger partial charge in [-0.25, -0.2) is 4.79 Å². The number of ether oxygens (including phenoxy) is 2. The van der Waals surface area contributed by atoms with Crippen molar-refractivity contribution in [3.8, 4) is 5.06 Å². The molecular formula is C18H19Cl2N3O4S. The second kappa shape index (κ2) is 9.00. The van der Waals surface area contributed by atoms with Gasteiger partial charge in [0.15, 0.2) is 5.06 Å². The lowest BCUT2D eigenvalue weighted by molar-refractivity contribution is -0.117. The summed E-state index contributed by atoms with van der Waals surface area (Å²) in [6, 6.07) is 7.86. The Balaban J connectivity index is 1.56. The molecule has 1 aliphatic rings. The molecule has 2 atom stereocenters. The summed E-state index contributed by atoms with van der Waals surface area (Å²) in [6.07, 6.45) is -0.738. The van der Waals surface area contributed by atoms with Crippen molar-refractivity contribution in [2.45, 2.75) is 25.9 Å². The molecular weight excluding hydrogens is 425 g/mol. The molecule has 1 aromatic heterocycles. The summed E-state index contributed by atoms with van der Waals surface area (Å²) in [6.45, 7) is 4.73. The van der Waals surface area contributed by atoms with Crippen LogP contribution in [0.1, 0.15) is 13.8 Å². The predicted molar refractivity (Wildman–Crippen MR) is 111 cm³/mol. The van der Waals surface area contributed by atoms with Crippen molar-refractivity contribution in [2.24, 2.45) is 0 Å². The SMILES string of the molecule is CC(NC(=O)Oc1ccc(Cl)s1)C(=O)Nc1ccc(N2COCC2C)c(Cl)c1. The van der Waals surface area contributed by atoms with Crippen LogP contribution in [-0.2, 0) is 9.53 Å². The molecule has 150 valence electrons. The minimum atomic E-state index is -0.812. The summed E-state index contributed by atoms with van der Waals surface area (Å²) in [4.78, 5) is 26.3. The van der Waals surface area contributed by atoms with E-state index in [1.807, 2.05) is 11.0 Å². The Morgan fingerprint density at radius 1 is 1.32 bits per heavy atom. The van der Waals surface area contributed by atoms with Gasteiger partial charge >= 0.3 is 6.09 Å². The molecule has 2 aromatic rings. The second-order valence-corrected chi connectivity index (χ2v) is 8.37. The molecule has 3 rings (SSSR count). The summed E-state index contributed by atoms with van der Waals surface area (Å²) in [7, 11) is 0. The average molecular weight is 444 g/mol. The highest BCUT2D eigenvalue weighted by Crippen LogP contribution is 2.32. The van der Waals surface area contributed by atoms with Crippen LogP contribution in [-0.4, -0.2) is 37.4 Å². The molecule has 7 nitrogen and oxygen atoms in total. The second-order valence-electron chi connectivity index (χ2n) is 6.29. The van der Waals surface area contributed by atoms with Gasteiger partial charge in [0.05, 0.1) is 27.7 Å². The third-order valence-electron chi connectivity index (χ3n) is 4.12. The van der Waals surface area contributed by atoms with Crippen molar-refractivity contribution < 1.29 is 19.1 Å². The molecule has 28 heavy (non-hydrogen) atoms. The van der Waals surface area contributed by atoms with Gasteiger partial charge < -0.3 is 25.0 Å². The smallest absolute Gasteiger partial charge is 0.399 e. The van der Waals surface area contributed by atoms with Crippen molar-refractivity contribution >= 4 is 57.9 Å². The van der Waals surface area contributed by atoms with E-state index in [-0.39, 0.29) is 6.04 Å². The number of carbonyl (C=O) groups excluding carboxylic acids is 2. The Labute approximate surface area is 176 Å². The molecule has 2 amide bonds. The van der Waals surface area contributed by atoms with E-state index in [4.69, 9.17) is 32.7 Å². The van der Waals surface area contributed by atoms with Crippen LogP contribution >= 0.6 is 34.5 Å². The van der Waals surface area contributed by atoms with Gasteiger partial charge in [-0.05, 0) is 44.2 Å². The van der Waals surface area contributed by atoms with Gasteiger partial charge in [-0.3, -0.25) is 4.79 Å². The van der Waals surface area contributed by atoms with Crippen LogP contribution in [0.5, 0.6) is 5.06 Å². The fourth-order valence-corrected chi connectivity index (χ4v) is 3.79. The van der Waals surface area contributed by atoms with Crippen LogP contribution in [0, 0.1) is 0 Å². The van der Waals surface area contributed by atoms with E-state index in [0.717, 1.165) is 17.0 Å². The zero-order valence-corrected chi connectivity index (χ0v) is 17.5. The maximum atomic E-state index is 12.3. The first-order chi connectivity index (χ1) is 13.3. The summed E-state index contributed by atoms with van der Waals surface area (Å²) in [5, 5.41) is 6.04. The Kier molecular flexibility index (Phi) is 6.66. The topological polar surface area (TPSA) is 79.9 Å². The van der Waals surface area contributed by atoms with Gasteiger partial charge in [0.25, 0.3) is 0 Å². The van der Waals surface area contributed by atoms with Crippen LogP contribution in [0.15, 0.2) is 30.3 Å². The van der Waals surface area contributed by atoms with Crippen molar-refractivity contribution in [3.05, 3.63) is 39.7 Å². The minimum absolute atomic E-state index is 0.228. The Morgan fingerprint density at radius 2 is 2.11 bits per heavy atom. The molecule has 2 N–H and O–H groups in total. The fourth-order valence-electron chi connectivity index (χ4n) is 2.63. The van der Waals surface area contributed by atoms with Crippen LogP contribution in [0.2, 0.25) is 9.36 Å². The molecule has 0 radical (unpaired) electrons. The lowest BCUT2D eigenvalue weighted by Gasteiger charge is -2.23. The lowest BCUT2D eigenvalue weighted by Crippen LogP contribution is -2.42. The zero-order valence-electron chi connectivity index (χ0n) is 15.2. The maximum absolute atomic E-state index is 12.3. The number of amides is 2. The zero-order chi connectivity index (χ0) is 20.3. The van der Waals surface area contributed by atoms with E-state index in [2.05, 4.69) is 17.6 Å². The molecule has 1 fully saturated rings. The molecule has 2 unspecified atom stereocenters. The Hall–Kier alpha value is -2.00. The molecule has 2 heterocycles. The van der Waals surface area contributed by atoms with E-state index in [1.54, 1.807) is 31.2 Å². The molecule has 1 saturated heterocycles. The van der Waals surface area contributed by atoms with Crippen LogP contribution in [0.25, 0.3) is 0 Å². The quantitative estimate of drug-likeness (QED) is 0.717. The maximum Gasteiger partial charge on any atom is 0.414 e. The fraction of sp³-hybridized carbons (Fsp3) is 0.333. The van der Waals surface area contributed by atoms with Crippen molar-refractivity contribution in [1.82, 2.24) is 5.32 Å². The van der Waals surface area contributed by atoms with Crippen molar-refractivity contribution in [2.75, 3.05) is 23.6 Å². The number of carbonyl (C=O) groups is 2. The molecule has 0 spiro atoms. The van der Waals surface area contributed by atoms with Gasteiger partial charge in [0, 0.05) is 5.69 Å². The van der Waals surface area contributed by atoms with E-state index in [9.17, 15) is 9.59 Å². The van der Waals surface area contributed by atoms with Crippen molar-refractivity contribution in [1.29, 1.82) is 0 Å². The number of nitrogens with zero attached hydrogens (tertiary/aromatic N) is 1. The van der Waals surface area contributed by atoms with E-state index in [1.165, 1.54) is 0 Å². The number of benzene rings is 1. The van der Waals surface area contributed by atoms with Gasteiger partial charge in [0.2, 0.25) is 5.91 Å². The van der Waals surface area contributed by atoms with Gasteiger partial charge in [-0.15, -0.1) is 0 Å². The molecule has 1 aromatic carbocycles. The average Bonchev–Trinajstić information content (AvgIpc) is 3.23. The lowest BCUT2D eigenvalue weighted by atomic mass is 10.2. The third-order valence-corrected chi connectivity index (χ3v) is 5.53. The third kappa shape index (κ3) is 5.08. The highest BCUT2D eigenvalue weighted by molar-refractivity contribution is 7.17. The number of rotatable bonds is 5. The van der Waals surface area contributed by atoms with E-state index < -0.39 is 18.0 Å². The van der Waals surface area contributed by atoms with E-state index >= 15 is 0 Å². The van der Waals surface area contributed by atoms with Gasteiger partial charge in [0.1, 0.15) is 12.8 Å². The van der Waals surface area contributed by atoms with Gasteiger partial charge in [-0.2, -0.15) is 0 Å². The normalized spacial score (nSPS) is 17.3. The summed E-state index contributed by atoms with van der Waals surface area (Å²) in [5.41, 5.74) is 1.37. The van der Waals surface area contributed by atoms with Crippen LogP contribution in [0.3, 0.4) is 0 Å². The largest absolute Gasteiger partial charge is 0.414 e. The summed E-state index contributed by atoms with van der Waals surface area (Å²) >= 11 is 13.3. The van der Waals surface area contributed by atoms with Crippen molar-refractivity contribution in [3.63, 3.8) is 0 Å².